The topological polar surface area (TPSA) is 93.9 Å². The van der Waals surface area contributed by atoms with E-state index in [1.165, 1.54) is 11.8 Å². The van der Waals surface area contributed by atoms with Crippen LogP contribution >= 0.6 is 0 Å². The number of carbonyl (C=O) groups is 3. The van der Waals surface area contributed by atoms with Crippen molar-refractivity contribution in [2.24, 2.45) is 0 Å². The lowest BCUT2D eigenvalue weighted by Gasteiger charge is -2.34. The highest BCUT2D eigenvalue weighted by Gasteiger charge is 2.25. The Kier molecular flexibility index (Phi) is 7.17. The van der Waals surface area contributed by atoms with E-state index in [1.54, 1.807) is 41.0 Å². The molecule has 1 saturated heterocycles. The van der Waals surface area contributed by atoms with Crippen LogP contribution in [-0.4, -0.2) is 67.0 Å². The summed E-state index contributed by atoms with van der Waals surface area (Å²) in [5.74, 6) is -0.308. The third kappa shape index (κ3) is 5.20. The van der Waals surface area contributed by atoms with Crippen molar-refractivity contribution in [1.82, 2.24) is 9.80 Å². The van der Waals surface area contributed by atoms with Crippen LogP contribution < -0.4 is 4.90 Å². The first-order valence-corrected chi connectivity index (χ1v) is 8.94. The first-order chi connectivity index (χ1) is 13.0. The van der Waals surface area contributed by atoms with E-state index in [4.69, 9.17) is 4.74 Å². The lowest BCUT2D eigenvalue weighted by atomic mass is 10.1. The highest BCUT2D eigenvalue weighted by molar-refractivity contribution is 5.93. The Morgan fingerprint density at radius 2 is 1.78 bits per heavy atom. The first kappa shape index (κ1) is 20.2. The zero-order valence-corrected chi connectivity index (χ0v) is 15.7. The van der Waals surface area contributed by atoms with Gasteiger partial charge in [0, 0.05) is 46.1 Å². The van der Waals surface area contributed by atoms with E-state index in [2.05, 4.69) is 6.07 Å². The molecule has 2 rings (SSSR count). The van der Waals surface area contributed by atoms with Gasteiger partial charge in [-0.25, -0.2) is 4.79 Å². The highest BCUT2D eigenvalue weighted by Crippen LogP contribution is 2.20. The minimum atomic E-state index is -0.361. The molecule has 1 heterocycles. The Bertz CT molecular complexity index is 735. The van der Waals surface area contributed by atoms with Crippen molar-refractivity contribution < 1.29 is 19.1 Å². The summed E-state index contributed by atoms with van der Waals surface area (Å²) < 4.78 is 4.97. The van der Waals surface area contributed by atoms with Crippen molar-refractivity contribution >= 4 is 23.6 Å². The second-order valence-electron chi connectivity index (χ2n) is 6.12. The maximum absolute atomic E-state index is 12.5. The quantitative estimate of drug-likeness (QED) is 0.783. The van der Waals surface area contributed by atoms with Crippen LogP contribution in [0.5, 0.6) is 0 Å². The first-order valence-electron chi connectivity index (χ1n) is 8.94. The molecule has 1 fully saturated rings. The zero-order valence-electron chi connectivity index (χ0n) is 15.7. The van der Waals surface area contributed by atoms with Crippen LogP contribution in [-0.2, 0) is 14.3 Å². The van der Waals surface area contributed by atoms with Gasteiger partial charge in [0.25, 0.3) is 0 Å². The number of nitriles is 1. The zero-order chi connectivity index (χ0) is 19.8. The number of hydrogen-bond acceptors (Lipinski definition) is 5. The maximum Gasteiger partial charge on any atom is 0.409 e. The van der Waals surface area contributed by atoms with E-state index >= 15 is 0 Å². The van der Waals surface area contributed by atoms with Gasteiger partial charge in [-0.1, -0.05) is 12.1 Å². The largest absolute Gasteiger partial charge is 0.450 e. The third-order valence-electron chi connectivity index (χ3n) is 4.40. The normalized spacial score (nSPS) is 13.7. The lowest BCUT2D eigenvalue weighted by molar-refractivity contribution is -0.132. The molecule has 1 aromatic carbocycles. The van der Waals surface area contributed by atoms with Gasteiger partial charge < -0.3 is 19.4 Å². The fourth-order valence-electron chi connectivity index (χ4n) is 2.97. The molecular formula is C19H24N4O4. The highest BCUT2D eigenvalue weighted by atomic mass is 16.6. The monoisotopic (exact) mass is 372 g/mol. The van der Waals surface area contributed by atoms with E-state index < -0.39 is 0 Å². The van der Waals surface area contributed by atoms with Gasteiger partial charge >= 0.3 is 6.09 Å². The number of carbonyl (C=O) groups excluding carboxylic acids is 3. The van der Waals surface area contributed by atoms with Crippen LogP contribution in [0.3, 0.4) is 0 Å². The van der Waals surface area contributed by atoms with Crippen molar-refractivity contribution in [2.75, 3.05) is 44.2 Å². The Hall–Kier alpha value is -3.08. The number of hydrogen-bond donors (Lipinski definition) is 0. The van der Waals surface area contributed by atoms with Gasteiger partial charge in [0.15, 0.2) is 0 Å². The summed E-state index contributed by atoms with van der Waals surface area (Å²) in [6, 6.07) is 8.89. The van der Waals surface area contributed by atoms with Crippen molar-refractivity contribution in [3.05, 3.63) is 29.8 Å². The summed E-state index contributed by atoms with van der Waals surface area (Å²) in [7, 11) is 0. The van der Waals surface area contributed by atoms with Crippen LogP contribution in [0.2, 0.25) is 0 Å². The van der Waals surface area contributed by atoms with E-state index in [1.807, 2.05) is 0 Å². The molecule has 0 atom stereocenters. The van der Waals surface area contributed by atoms with Crippen LogP contribution in [0.4, 0.5) is 10.5 Å². The minimum absolute atomic E-state index is 0.0841. The molecule has 0 bridgehead atoms. The minimum Gasteiger partial charge on any atom is -0.450 e. The number of ether oxygens (including phenoxy) is 1. The van der Waals surface area contributed by atoms with Gasteiger partial charge in [-0.2, -0.15) is 5.26 Å². The lowest BCUT2D eigenvalue weighted by Crippen LogP contribution is -2.51. The summed E-state index contributed by atoms with van der Waals surface area (Å²) >= 11 is 0. The molecule has 0 radical (unpaired) electrons. The van der Waals surface area contributed by atoms with E-state index in [-0.39, 0.29) is 30.9 Å². The number of para-hydroxylation sites is 1. The standard InChI is InChI=1S/C19H24N4O4/c1-3-27-19(26)22-12-10-21(11-13-22)18(25)8-9-23(15(2)24)17-7-5-4-6-16(17)14-20/h4-7H,3,8-13H2,1-2H3. The third-order valence-corrected chi connectivity index (χ3v) is 4.40. The summed E-state index contributed by atoms with van der Waals surface area (Å²) in [5, 5.41) is 9.23. The maximum atomic E-state index is 12.5. The molecule has 0 unspecified atom stereocenters. The molecule has 27 heavy (non-hydrogen) atoms. The van der Waals surface area contributed by atoms with E-state index in [9.17, 15) is 19.6 Å². The van der Waals surface area contributed by atoms with Gasteiger partial charge in [-0.15, -0.1) is 0 Å². The predicted molar refractivity (Wildman–Crippen MR) is 99.0 cm³/mol. The second-order valence-corrected chi connectivity index (χ2v) is 6.12. The van der Waals surface area contributed by atoms with Crippen LogP contribution in [0.1, 0.15) is 25.8 Å². The van der Waals surface area contributed by atoms with Crippen molar-refractivity contribution in [3.63, 3.8) is 0 Å². The van der Waals surface area contributed by atoms with Gasteiger partial charge in [0.1, 0.15) is 6.07 Å². The van der Waals surface area contributed by atoms with Crippen molar-refractivity contribution in [3.8, 4) is 6.07 Å². The molecule has 144 valence electrons. The van der Waals surface area contributed by atoms with Crippen molar-refractivity contribution in [1.29, 1.82) is 5.26 Å². The summed E-state index contributed by atoms with van der Waals surface area (Å²) in [6.45, 7) is 5.42. The SMILES string of the molecule is CCOC(=O)N1CCN(C(=O)CCN(C(C)=O)c2ccccc2C#N)CC1. The van der Waals surface area contributed by atoms with E-state index in [0.29, 0.717) is 44.0 Å². The number of nitrogens with zero attached hydrogens (tertiary/aromatic N) is 4. The molecule has 8 heteroatoms. The smallest absolute Gasteiger partial charge is 0.409 e. The predicted octanol–water partition coefficient (Wildman–Crippen LogP) is 1.60. The summed E-state index contributed by atoms with van der Waals surface area (Å²) in [5.41, 5.74) is 0.899. The molecule has 0 spiro atoms. The molecule has 0 N–H and O–H groups in total. The molecule has 1 aliphatic rings. The molecule has 3 amide bonds. The van der Waals surface area contributed by atoms with Crippen LogP contribution in [0, 0.1) is 11.3 Å². The van der Waals surface area contributed by atoms with Crippen LogP contribution in [0.15, 0.2) is 24.3 Å². The molecule has 8 nitrogen and oxygen atoms in total. The number of benzene rings is 1. The Labute approximate surface area is 158 Å². The molecule has 1 aliphatic heterocycles. The number of rotatable bonds is 5. The van der Waals surface area contributed by atoms with E-state index in [0.717, 1.165) is 0 Å². The molecule has 0 aliphatic carbocycles. The average Bonchev–Trinajstić information content (AvgIpc) is 2.68. The summed E-state index contributed by atoms with van der Waals surface area (Å²) in [4.78, 5) is 40.9. The molecular weight excluding hydrogens is 348 g/mol. The van der Waals surface area contributed by atoms with Gasteiger partial charge in [-0.05, 0) is 19.1 Å². The number of anilines is 1. The fraction of sp³-hybridized carbons (Fsp3) is 0.474. The average molecular weight is 372 g/mol. The Morgan fingerprint density at radius 3 is 2.37 bits per heavy atom. The Balaban J connectivity index is 1.93. The van der Waals surface area contributed by atoms with Crippen LogP contribution in [0.25, 0.3) is 0 Å². The van der Waals surface area contributed by atoms with Gasteiger partial charge in [0.05, 0.1) is 17.9 Å². The van der Waals surface area contributed by atoms with Gasteiger partial charge in [0.2, 0.25) is 11.8 Å². The second kappa shape index (κ2) is 9.57. The molecule has 1 aromatic rings. The molecule has 0 aromatic heterocycles. The number of amides is 3. The fourth-order valence-corrected chi connectivity index (χ4v) is 2.97. The van der Waals surface area contributed by atoms with Crippen molar-refractivity contribution in [2.45, 2.75) is 20.3 Å². The summed E-state index contributed by atoms with van der Waals surface area (Å²) in [6.07, 6.45) is -0.209. The van der Waals surface area contributed by atoms with Gasteiger partial charge in [-0.3, -0.25) is 9.59 Å². The Morgan fingerprint density at radius 1 is 1.15 bits per heavy atom. The molecule has 0 saturated carbocycles. The number of piperazine rings is 1.